The van der Waals surface area contributed by atoms with Gasteiger partial charge in [0.2, 0.25) is 5.75 Å². The molecule has 0 amide bonds. The summed E-state index contributed by atoms with van der Waals surface area (Å²) >= 11 is 0. The first-order chi connectivity index (χ1) is 47.2. The molecule has 0 N–H and O–H groups in total. The highest BCUT2D eigenvalue weighted by molar-refractivity contribution is 5.85. The minimum absolute atomic E-state index is 0.529. The van der Waals surface area contributed by atoms with Crippen molar-refractivity contribution in [3.63, 3.8) is 0 Å². The fourth-order valence-electron chi connectivity index (χ4n) is 10.6. The van der Waals surface area contributed by atoms with E-state index in [1.165, 1.54) is 0 Å². The third kappa shape index (κ3) is 19.0. The molecule has 13 rings (SSSR count). The molecular formula is C73H74N18O5. The summed E-state index contributed by atoms with van der Waals surface area (Å²) in [6.07, 6.45) is 16.7. The van der Waals surface area contributed by atoms with Crippen molar-refractivity contribution in [1.82, 2.24) is 89.6 Å². The summed E-state index contributed by atoms with van der Waals surface area (Å²) in [7, 11) is 8.09. The summed E-state index contributed by atoms with van der Waals surface area (Å²) in [4.78, 5) is 33.6. The van der Waals surface area contributed by atoms with Crippen LogP contribution in [0.1, 0.15) is 56.8 Å². The normalized spacial score (nSPS) is 11.0. The second-order valence-corrected chi connectivity index (χ2v) is 22.2. The van der Waals surface area contributed by atoms with Crippen LogP contribution in [0, 0.1) is 0 Å². The molecule has 0 saturated heterocycles. The summed E-state index contributed by atoms with van der Waals surface area (Å²) in [5.74, 6) is 3.32. The molecular weight excluding hydrogens is 1210 g/mol. The molecule has 0 fully saturated rings. The van der Waals surface area contributed by atoms with Crippen molar-refractivity contribution in [3.8, 4) is 40.1 Å². The Morgan fingerprint density at radius 1 is 0.312 bits per heavy atom. The van der Waals surface area contributed by atoms with Crippen LogP contribution >= 0.6 is 0 Å². The molecule has 9 heterocycles. The van der Waals surface area contributed by atoms with Gasteiger partial charge in [0.05, 0.1) is 123 Å². The maximum Gasteiger partial charge on any atom is 0.203 e. The topological polar surface area (TPSA) is 225 Å². The van der Waals surface area contributed by atoms with Gasteiger partial charge in [-0.25, -0.2) is 14.0 Å². The lowest BCUT2D eigenvalue weighted by molar-refractivity contribution is 0.238. The molecule has 0 bridgehead atoms. The Morgan fingerprint density at radius 3 is 1.06 bits per heavy atom. The van der Waals surface area contributed by atoms with Crippen molar-refractivity contribution in [3.05, 3.63) is 295 Å². The molecule has 0 aliphatic heterocycles. The van der Waals surface area contributed by atoms with Gasteiger partial charge in [-0.15, -0.1) is 15.3 Å². The molecule has 0 atom stereocenters. The molecule has 0 spiro atoms. The van der Waals surface area contributed by atoms with Crippen LogP contribution in [0.15, 0.2) is 238 Å². The van der Waals surface area contributed by atoms with Gasteiger partial charge in [-0.3, -0.25) is 44.6 Å². The van der Waals surface area contributed by atoms with Gasteiger partial charge in [0, 0.05) is 108 Å². The zero-order valence-corrected chi connectivity index (χ0v) is 54.2. The van der Waals surface area contributed by atoms with Crippen molar-refractivity contribution in [2.75, 3.05) is 35.5 Å². The summed E-state index contributed by atoms with van der Waals surface area (Å²) in [6, 6.07) is 59.6. The molecule has 486 valence electrons. The number of nitrogens with zero attached hydrogens (tertiary/aromatic N) is 18. The quantitative estimate of drug-likeness (QED) is 0.0466. The number of pyridine rings is 6. The van der Waals surface area contributed by atoms with E-state index in [1.54, 1.807) is 52.6 Å². The monoisotopic (exact) mass is 1280 g/mol. The molecule has 0 aliphatic carbocycles. The number of benzene rings is 4. The van der Waals surface area contributed by atoms with E-state index in [2.05, 4.69) is 93.7 Å². The first kappa shape index (κ1) is 65.8. The number of rotatable bonds is 27. The molecule has 0 unspecified atom stereocenters. The molecule has 23 heteroatoms. The van der Waals surface area contributed by atoms with Gasteiger partial charge in [0.1, 0.15) is 11.5 Å². The summed E-state index contributed by atoms with van der Waals surface area (Å²) in [5, 5.41) is 28.4. The van der Waals surface area contributed by atoms with Crippen molar-refractivity contribution >= 4 is 10.8 Å². The van der Waals surface area contributed by atoms with Crippen LogP contribution in [-0.4, -0.2) is 125 Å². The van der Waals surface area contributed by atoms with E-state index >= 15 is 0 Å². The Kier molecular flexibility index (Phi) is 23.2. The van der Waals surface area contributed by atoms with Crippen LogP contribution in [0.3, 0.4) is 0 Å². The van der Waals surface area contributed by atoms with Gasteiger partial charge in [-0.2, -0.15) is 0 Å². The largest absolute Gasteiger partial charge is 0.497 e. The summed E-state index contributed by atoms with van der Waals surface area (Å²) in [5.41, 5.74) is 11.5. The van der Waals surface area contributed by atoms with E-state index in [4.69, 9.17) is 23.7 Å². The number of aromatic nitrogens is 15. The van der Waals surface area contributed by atoms with Gasteiger partial charge in [-0.1, -0.05) is 76.3 Å². The van der Waals surface area contributed by atoms with E-state index in [1.807, 2.05) is 217 Å². The van der Waals surface area contributed by atoms with Gasteiger partial charge in [0.25, 0.3) is 0 Å². The Labute approximate surface area is 557 Å². The third-order valence-electron chi connectivity index (χ3n) is 15.2. The lowest BCUT2D eigenvalue weighted by atomic mass is 10.1. The minimum atomic E-state index is 0.529. The minimum Gasteiger partial charge on any atom is -0.497 e. The Hall–Kier alpha value is -11.7. The average molecular weight is 1280 g/mol. The van der Waals surface area contributed by atoms with Crippen LogP contribution < -0.4 is 23.7 Å². The molecule has 4 aromatic carbocycles. The fourth-order valence-corrected chi connectivity index (χ4v) is 10.6. The molecule has 23 nitrogen and oxygen atoms in total. The van der Waals surface area contributed by atoms with E-state index in [-0.39, 0.29) is 0 Å². The number of fused-ring (bicyclic) bond motifs is 1. The van der Waals surface area contributed by atoms with E-state index < -0.39 is 0 Å². The SMILES string of the molecule is COc1cc(-n2cc(CN(Cc3ccccn3)Cc3ccccn3)nn2)cc(OC)c1OC.COc1ccc(Cn2cc(CN(Cc3ccccn3)Cc3ccccn3)nn2)cc1.COc1ccc2cc(-n3cc(CN(Cc4ccccn4)Cc4ccccn4)nn3)ccc2c1. The molecule has 0 saturated carbocycles. The lowest BCUT2D eigenvalue weighted by Crippen LogP contribution is -2.23. The third-order valence-corrected chi connectivity index (χ3v) is 15.2. The number of ether oxygens (including phenoxy) is 5. The van der Waals surface area contributed by atoms with E-state index in [0.29, 0.717) is 82.7 Å². The van der Waals surface area contributed by atoms with Crippen LogP contribution in [0.2, 0.25) is 0 Å². The fraction of sp³-hybridized carbons (Fsp3) is 0.205. The molecule has 9 aromatic heterocycles. The predicted octanol–water partition coefficient (Wildman–Crippen LogP) is 11.0. The maximum atomic E-state index is 5.46. The van der Waals surface area contributed by atoms with E-state index in [9.17, 15) is 0 Å². The van der Waals surface area contributed by atoms with Crippen molar-refractivity contribution in [2.45, 2.75) is 65.4 Å². The smallest absolute Gasteiger partial charge is 0.203 e. The second-order valence-electron chi connectivity index (χ2n) is 22.2. The highest BCUT2D eigenvalue weighted by Gasteiger charge is 2.19. The number of hydrogen-bond donors (Lipinski definition) is 0. The van der Waals surface area contributed by atoms with Crippen molar-refractivity contribution < 1.29 is 23.7 Å². The molecule has 96 heavy (non-hydrogen) atoms. The Balaban J connectivity index is 0.000000147. The summed E-state index contributed by atoms with van der Waals surface area (Å²) < 4.78 is 32.2. The number of hydrogen-bond acceptors (Lipinski definition) is 20. The highest BCUT2D eigenvalue weighted by Crippen LogP contribution is 2.39. The Bertz CT molecular complexity index is 4290. The second kappa shape index (κ2) is 33.8. The van der Waals surface area contributed by atoms with Gasteiger partial charge in [-0.05, 0) is 126 Å². The number of methoxy groups -OCH3 is 5. The van der Waals surface area contributed by atoms with Gasteiger partial charge in [0.15, 0.2) is 11.5 Å². The van der Waals surface area contributed by atoms with Crippen LogP contribution in [0.4, 0.5) is 0 Å². The Morgan fingerprint density at radius 2 is 0.677 bits per heavy atom. The van der Waals surface area contributed by atoms with Crippen molar-refractivity contribution in [1.29, 1.82) is 0 Å². The van der Waals surface area contributed by atoms with Gasteiger partial charge < -0.3 is 23.7 Å². The highest BCUT2D eigenvalue weighted by atomic mass is 16.5. The summed E-state index contributed by atoms with van der Waals surface area (Å²) in [6.45, 7) is 6.68. The first-order valence-corrected chi connectivity index (χ1v) is 31.0. The van der Waals surface area contributed by atoms with E-state index in [0.717, 1.165) is 90.5 Å². The zero-order valence-electron chi connectivity index (χ0n) is 54.2. The van der Waals surface area contributed by atoms with Crippen molar-refractivity contribution in [2.24, 2.45) is 0 Å². The zero-order chi connectivity index (χ0) is 66.1. The van der Waals surface area contributed by atoms with Crippen LogP contribution in [0.25, 0.3) is 22.1 Å². The molecule has 13 aromatic rings. The average Bonchev–Trinajstić information content (AvgIpc) is 1.45. The van der Waals surface area contributed by atoms with Crippen LogP contribution in [0.5, 0.6) is 28.7 Å². The van der Waals surface area contributed by atoms with Crippen LogP contribution in [-0.2, 0) is 65.4 Å². The maximum absolute atomic E-state index is 5.46. The predicted molar refractivity (Wildman–Crippen MR) is 363 cm³/mol. The molecule has 0 aliphatic rings. The van der Waals surface area contributed by atoms with Gasteiger partial charge >= 0.3 is 0 Å². The first-order valence-electron chi connectivity index (χ1n) is 31.0. The standard InChI is InChI=1S/C26H24N6O.C24H26N6O3.C23H24N6O/c1-33-26-11-9-20-14-25(10-8-21(20)15-26)32-19-24(29-30-32)18-31(16-22-6-2-4-12-27-22)17-23-7-3-5-13-28-23;1-31-22-12-21(13-23(32-2)24(22)33-3)30-17-20(27-28-30)16-29(14-18-8-4-6-10-25-18)15-19-9-5-7-11-26-19;1-30-23-10-8-19(9-11-23)14-29-18-22(26-27-29)17-28(15-20-6-2-4-12-24-20)16-21-7-3-5-13-25-21/h2-15,19H,16-18H2,1H3;4-13,17H,14-16H2,1-3H3;2-13,18H,14-17H2,1H3. The molecule has 0 radical (unpaired) electrons. The lowest BCUT2D eigenvalue weighted by Gasteiger charge is -2.20.